The summed E-state index contributed by atoms with van der Waals surface area (Å²) in [5.41, 5.74) is 0.722. The molecule has 0 spiro atoms. The lowest BCUT2D eigenvalue weighted by atomic mass is 10.2. The van der Waals surface area contributed by atoms with Crippen molar-refractivity contribution in [3.63, 3.8) is 0 Å². The lowest BCUT2D eigenvalue weighted by molar-refractivity contribution is -0.192. The van der Waals surface area contributed by atoms with Crippen molar-refractivity contribution in [1.29, 1.82) is 0 Å². The molecule has 2 fully saturated rings. The molecular weight excluding hydrogens is 451 g/mol. The summed E-state index contributed by atoms with van der Waals surface area (Å²) in [5.74, 6) is -2.85. The Labute approximate surface area is 185 Å². The molecule has 8 nitrogen and oxygen atoms in total. The van der Waals surface area contributed by atoms with E-state index in [2.05, 4.69) is 5.32 Å². The van der Waals surface area contributed by atoms with Gasteiger partial charge in [0.15, 0.2) is 0 Å². The topological polar surface area (TPSA) is 107 Å². The van der Waals surface area contributed by atoms with Gasteiger partial charge in [-0.15, -0.1) is 0 Å². The molecule has 0 atom stereocenters. The molecule has 1 heterocycles. The summed E-state index contributed by atoms with van der Waals surface area (Å²) in [5, 5.41) is 10.3. The molecule has 0 radical (unpaired) electrons. The standard InChI is InChI=1S/C18H27N3O3S.C2HF3O2/c1-15-6-2-5-9-17(15)25(23,24)21(16-7-3-4-8-16)14-18(22)20-12-10-19-11-13-20;3-2(4,5)1(6)7/h2,5-6,9,16,19H,3-4,7-8,10-14H2,1H3;(H,6,7). The number of rotatable bonds is 5. The van der Waals surface area contributed by atoms with Crippen LogP contribution in [0.25, 0.3) is 0 Å². The number of carboxylic acid groups (broad SMARTS) is 1. The third-order valence-electron chi connectivity index (χ3n) is 5.42. The first kappa shape index (κ1) is 26.1. The predicted molar refractivity (Wildman–Crippen MR) is 110 cm³/mol. The number of piperazine rings is 1. The fourth-order valence-corrected chi connectivity index (χ4v) is 5.58. The van der Waals surface area contributed by atoms with E-state index in [9.17, 15) is 26.4 Å². The lowest BCUT2D eigenvalue weighted by Crippen LogP contribution is -2.51. The SMILES string of the molecule is Cc1ccccc1S(=O)(=O)N(CC(=O)N1CCNCC1)C1CCCC1.O=C(O)C(F)(F)F. The van der Waals surface area contributed by atoms with Gasteiger partial charge < -0.3 is 15.3 Å². The van der Waals surface area contributed by atoms with Gasteiger partial charge in [-0.1, -0.05) is 31.0 Å². The summed E-state index contributed by atoms with van der Waals surface area (Å²) >= 11 is 0. The van der Waals surface area contributed by atoms with Gasteiger partial charge in [-0.25, -0.2) is 13.2 Å². The zero-order valence-electron chi connectivity index (χ0n) is 17.8. The number of hydrogen-bond acceptors (Lipinski definition) is 5. The van der Waals surface area contributed by atoms with Crippen LogP contribution in [0.15, 0.2) is 29.2 Å². The summed E-state index contributed by atoms with van der Waals surface area (Å²) in [4.78, 5) is 23.7. The Hall–Kier alpha value is -2.18. The third kappa shape index (κ3) is 6.91. The Balaban J connectivity index is 0.000000451. The van der Waals surface area contributed by atoms with E-state index in [0.717, 1.165) is 44.3 Å². The molecule has 1 saturated carbocycles. The molecule has 1 aliphatic heterocycles. The van der Waals surface area contributed by atoms with E-state index < -0.39 is 22.2 Å². The highest BCUT2D eigenvalue weighted by Crippen LogP contribution is 2.29. The normalized spacial score (nSPS) is 17.7. The van der Waals surface area contributed by atoms with Crippen LogP contribution in [0.2, 0.25) is 0 Å². The number of amides is 1. The average molecular weight is 480 g/mol. The Bertz CT molecular complexity index is 896. The minimum absolute atomic E-state index is 0.0542. The zero-order chi connectivity index (χ0) is 23.9. The molecule has 1 amide bonds. The van der Waals surface area contributed by atoms with Gasteiger partial charge in [0.2, 0.25) is 15.9 Å². The maximum atomic E-state index is 13.3. The van der Waals surface area contributed by atoms with Crippen LogP contribution in [0.5, 0.6) is 0 Å². The van der Waals surface area contributed by atoms with Crippen LogP contribution < -0.4 is 5.32 Å². The van der Waals surface area contributed by atoms with E-state index in [0.29, 0.717) is 18.0 Å². The van der Waals surface area contributed by atoms with Crippen LogP contribution in [0, 0.1) is 6.92 Å². The van der Waals surface area contributed by atoms with Crippen LogP contribution >= 0.6 is 0 Å². The largest absolute Gasteiger partial charge is 0.490 e. The van der Waals surface area contributed by atoms with Crippen molar-refractivity contribution in [2.24, 2.45) is 0 Å². The Morgan fingerprint density at radius 3 is 2.19 bits per heavy atom. The van der Waals surface area contributed by atoms with E-state index in [-0.39, 0.29) is 18.5 Å². The second-order valence-electron chi connectivity index (χ2n) is 7.69. The molecule has 3 rings (SSSR count). The predicted octanol–water partition coefficient (Wildman–Crippen LogP) is 1.99. The number of aliphatic carboxylic acids is 1. The molecule has 1 aliphatic carbocycles. The number of hydrogen-bond donors (Lipinski definition) is 2. The van der Waals surface area contributed by atoms with E-state index in [1.807, 2.05) is 6.07 Å². The maximum absolute atomic E-state index is 13.3. The number of carbonyl (C=O) groups excluding carboxylic acids is 1. The van der Waals surface area contributed by atoms with E-state index in [4.69, 9.17) is 9.90 Å². The summed E-state index contributed by atoms with van der Waals surface area (Å²) in [6.45, 7) is 4.56. The van der Waals surface area contributed by atoms with Crippen LogP contribution in [-0.4, -0.2) is 79.5 Å². The number of sulfonamides is 1. The van der Waals surface area contributed by atoms with Crippen molar-refractivity contribution in [3.05, 3.63) is 29.8 Å². The van der Waals surface area contributed by atoms with E-state index in [1.165, 1.54) is 4.31 Å². The maximum Gasteiger partial charge on any atom is 0.490 e. The number of halogens is 3. The van der Waals surface area contributed by atoms with Gasteiger partial charge in [-0.3, -0.25) is 4.79 Å². The molecule has 12 heteroatoms. The van der Waals surface area contributed by atoms with Gasteiger partial charge in [-0.2, -0.15) is 17.5 Å². The fourth-order valence-electron chi connectivity index (χ4n) is 3.72. The van der Waals surface area contributed by atoms with Crippen molar-refractivity contribution < 1.29 is 36.3 Å². The molecule has 0 unspecified atom stereocenters. The minimum Gasteiger partial charge on any atom is -0.475 e. The van der Waals surface area contributed by atoms with Gasteiger partial charge in [0.25, 0.3) is 0 Å². The first-order valence-corrected chi connectivity index (χ1v) is 11.7. The number of alkyl halides is 3. The summed E-state index contributed by atoms with van der Waals surface area (Å²) in [6, 6.07) is 6.95. The highest BCUT2D eigenvalue weighted by Gasteiger charge is 2.38. The molecular formula is C20H28F3N3O5S. The quantitative estimate of drug-likeness (QED) is 0.669. The van der Waals surface area contributed by atoms with Crippen molar-refractivity contribution in [2.75, 3.05) is 32.7 Å². The number of nitrogens with zero attached hydrogens (tertiary/aromatic N) is 2. The summed E-state index contributed by atoms with van der Waals surface area (Å²) < 4.78 is 59.8. The average Bonchev–Trinajstić information content (AvgIpc) is 3.26. The highest BCUT2D eigenvalue weighted by atomic mass is 32.2. The molecule has 2 N–H and O–H groups in total. The molecule has 1 saturated heterocycles. The van der Waals surface area contributed by atoms with E-state index in [1.54, 1.807) is 30.0 Å². The minimum atomic E-state index is -5.08. The van der Waals surface area contributed by atoms with Gasteiger partial charge in [0.05, 0.1) is 11.4 Å². The zero-order valence-corrected chi connectivity index (χ0v) is 18.6. The molecule has 180 valence electrons. The number of carbonyl (C=O) groups is 2. The van der Waals surface area contributed by atoms with E-state index >= 15 is 0 Å². The smallest absolute Gasteiger partial charge is 0.475 e. The summed E-state index contributed by atoms with van der Waals surface area (Å²) in [6.07, 6.45) is -1.38. The van der Waals surface area contributed by atoms with Gasteiger partial charge >= 0.3 is 12.1 Å². The molecule has 1 aromatic rings. The first-order valence-electron chi connectivity index (χ1n) is 10.3. The fraction of sp³-hybridized carbons (Fsp3) is 0.600. The summed E-state index contributed by atoms with van der Waals surface area (Å²) in [7, 11) is -3.68. The Kier molecular flexibility index (Phi) is 9.05. The highest BCUT2D eigenvalue weighted by molar-refractivity contribution is 7.89. The van der Waals surface area contributed by atoms with Crippen LogP contribution in [0.1, 0.15) is 31.2 Å². The first-order chi connectivity index (χ1) is 14.9. The van der Waals surface area contributed by atoms with Gasteiger partial charge in [-0.05, 0) is 31.4 Å². The van der Waals surface area contributed by atoms with Crippen LogP contribution in [-0.2, 0) is 19.6 Å². The number of benzene rings is 1. The molecule has 0 bridgehead atoms. The molecule has 0 aromatic heterocycles. The Morgan fingerprint density at radius 1 is 1.16 bits per heavy atom. The Morgan fingerprint density at radius 2 is 1.69 bits per heavy atom. The van der Waals surface area contributed by atoms with Crippen molar-refractivity contribution in [1.82, 2.24) is 14.5 Å². The van der Waals surface area contributed by atoms with Crippen molar-refractivity contribution in [2.45, 2.75) is 49.7 Å². The third-order valence-corrected chi connectivity index (χ3v) is 7.47. The second-order valence-corrected chi connectivity index (χ2v) is 9.55. The van der Waals surface area contributed by atoms with Crippen LogP contribution in [0.4, 0.5) is 13.2 Å². The van der Waals surface area contributed by atoms with Crippen LogP contribution in [0.3, 0.4) is 0 Å². The number of aryl methyl sites for hydroxylation is 1. The number of nitrogens with one attached hydrogen (secondary N) is 1. The van der Waals surface area contributed by atoms with Crippen molar-refractivity contribution in [3.8, 4) is 0 Å². The molecule has 2 aliphatic rings. The number of carboxylic acids is 1. The second kappa shape index (κ2) is 11.1. The lowest BCUT2D eigenvalue weighted by Gasteiger charge is -2.32. The monoisotopic (exact) mass is 479 g/mol. The molecule has 1 aromatic carbocycles. The molecule has 32 heavy (non-hydrogen) atoms. The van der Waals surface area contributed by atoms with Gasteiger partial charge in [0.1, 0.15) is 0 Å². The van der Waals surface area contributed by atoms with Crippen molar-refractivity contribution >= 4 is 21.9 Å². The van der Waals surface area contributed by atoms with Gasteiger partial charge in [0, 0.05) is 32.2 Å².